The van der Waals surface area contributed by atoms with Gasteiger partial charge in [0.05, 0.1) is 19.1 Å². The van der Waals surface area contributed by atoms with Crippen LogP contribution in [0.25, 0.3) is 0 Å². The molecule has 6 heteroatoms. The molecule has 0 aromatic heterocycles. The summed E-state index contributed by atoms with van der Waals surface area (Å²) in [5.74, 6) is -0.322. The molecule has 2 atom stereocenters. The Morgan fingerprint density at radius 1 is 1.30 bits per heavy atom. The Morgan fingerprint density at radius 3 is 2.83 bits per heavy atom. The maximum Gasteiger partial charge on any atom is 0.275 e. The summed E-state index contributed by atoms with van der Waals surface area (Å²) in [7, 11) is 0. The lowest BCUT2D eigenvalue weighted by Crippen LogP contribution is -3.17. The molecule has 0 bridgehead atoms. The smallest absolute Gasteiger partial charge is 0.275 e. The van der Waals surface area contributed by atoms with Crippen molar-refractivity contribution in [1.29, 1.82) is 0 Å². The van der Waals surface area contributed by atoms with Crippen LogP contribution in [0.2, 0.25) is 5.02 Å². The summed E-state index contributed by atoms with van der Waals surface area (Å²) in [6.07, 6.45) is 3.58. The molecule has 2 rings (SSSR count). The third-order valence-electron chi connectivity index (χ3n) is 4.46. The number of carbonyl (C=O) groups excluding carboxylic acids is 2. The third kappa shape index (κ3) is 5.22. The molecule has 1 aliphatic rings. The minimum Gasteiger partial charge on any atom is -0.342 e. The third-order valence-corrected chi connectivity index (χ3v) is 4.87. The van der Waals surface area contributed by atoms with E-state index >= 15 is 0 Å². The minimum atomic E-state index is -0.245. The molecular weight excluding hydrogens is 314 g/mol. The van der Waals surface area contributed by atoms with Gasteiger partial charge in [-0.3, -0.25) is 9.59 Å². The van der Waals surface area contributed by atoms with Crippen LogP contribution in [0, 0.1) is 6.92 Å². The predicted molar refractivity (Wildman–Crippen MR) is 91.8 cm³/mol. The van der Waals surface area contributed by atoms with Crippen molar-refractivity contribution in [2.45, 2.75) is 39.2 Å². The first-order valence-electron chi connectivity index (χ1n) is 8.13. The lowest BCUT2D eigenvalue weighted by atomic mass is 10.0. The van der Waals surface area contributed by atoms with E-state index in [-0.39, 0.29) is 18.4 Å². The van der Waals surface area contributed by atoms with Crippen molar-refractivity contribution in [3.05, 3.63) is 28.8 Å². The van der Waals surface area contributed by atoms with Gasteiger partial charge < -0.3 is 15.5 Å². The number of amides is 2. The molecule has 1 fully saturated rings. The van der Waals surface area contributed by atoms with Gasteiger partial charge in [0.1, 0.15) is 0 Å². The van der Waals surface area contributed by atoms with Crippen LogP contribution < -0.4 is 15.5 Å². The van der Waals surface area contributed by atoms with E-state index in [0.717, 1.165) is 18.5 Å². The molecule has 1 heterocycles. The number of benzene rings is 1. The lowest BCUT2D eigenvalue weighted by Gasteiger charge is -2.29. The van der Waals surface area contributed by atoms with E-state index in [2.05, 4.69) is 17.6 Å². The average molecular weight is 339 g/mol. The van der Waals surface area contributed by atoms with Crippen molar-refractivity contribution < 1.29 is 14.5 Å². The maximum atomic E-state index is 12.0. The van der Waals surface area contributed by atoms with Gasteiger partial charge in [-0.15, -0.1) is 0 Å². The Labute approximate surface area is 142 Å². The number of piperidine rings is 1. The van der Waals surface area contributed by atoms with Crippen LogP contribution in [0.1, 0.15) is 31.7 Å². The van der Waals surface area contributed by atoms with Crippen molar-refractivity contribution in [2.75, 3.05) is 25.0 Å². The van der Waals surface area contributed by atoms with Gasteiger partial charge in [0, 0.05) is 10.7 Å². The SMILES string of the molecule is Cc1c(Cl)cccc1NC(=O)CNC(=O)C[NH+]1CCCC[C@@H]1C. The fourth-order valence-corrected chi connectivity index (χ4v) is 3.08. The molecular formula is C17H25ClN3O2+. The van der Waals surface area contributed by atoms with E-state index in [4.69, 9.17) is 11.6 Å². The Morgan fingerprint density at radius 2 is 2.09 bits per heavy atom. The molecule has 0 radical (unpaired) electrons. The zero-order chi connectivity index (χ0) is 16.8. The predicted octanol–water partition coefficient (Wildman–Crippen LogP) is 1.16. The Balaban J connectivity index is 1.77. The number of carbonyl (C=O) groups is 2. The summed E-state index contributed by atoms with van der Waals surface area (Å²) >= 11 is 6.02. The monoisotopic (exact) mass is 338 g/mol. The van der Waals surface area contributed by atoms with Crippen LogP contribution in [0.3, 0.4) is 0 Å². The van der Waals surface area contributed by atoms with Gasteiger partial charge in [0.15, 0.2) is 6.54 Å². The van der Waals surface area contributed by atoms with Crippen LogP contribution >= 0.6 is 11.6 Å². The van der Waals surface area contributed by atoms with Crippen LogP contribution in [-0.4, -0.2) is 37.5 Å². The minimum absolute atomic E-state index is 0.0214. The average Bonchev–Trinajstić information content (AvgIpc) is 2.52. The highest BCUT2D eigenvalue weighted by atomic mass is 35.5. The normalized spacial score (nSPS) is 20.8. The van der Waals surface area contributed by atoms with Crippen molar-refractivity contribution in [2.24, 2.45) is 0 Å². The molecule has 1 aromatic carbocycles. The molecule has 1 unspecified atom stereocenters. The summed E-state index contributed by atoms with van der Waals surface area (Å²) < 4.78 is 0. The van der Waals surface area contributed by atoms with E-state index in [1.807, 2.05) is 6.92 Å². The van der Waals surface area contributed by atoms with E-state index < -0.39 is 0 Å². The number of hydrogen-bond donors (Lipinski definition) is 3. The molecule has 1 saturated heterocycles. The summed E-state index contributed by atoms with van der Waals surface area (Å²) in [6, 6.07) is 5.86. The first-order chi connectivity index (χ1) is 11.0. The molecule has 1 aliphatic heterocycles. The molecule has 0 saturated carbocycles. The Bertz CT molecular complexity index is 577. The van der Waals surface area contributed by atoms with Gasteiger partial charge in [0.25, 0.3) is 5.91 Å². The standard InChI is InChI=1S/C17H24ClN3O2/c1-12-6-3-4-9-21(12)11-17(23)19-10-16(22)20-15-8-5-7-14(18)13(15)2/h5,7-8,12H,3-4,6,9-11H2,1-2H3,(H,19,23)(H,20,22)/p+1/t12-/m0/s1. The molecule has 1 aromatic rings. The molecule has 3 N–H and O–H groups in total. The molecule has 2 amide bonds. The molecule has 0 aliphatic carbocycles. The second kappa shape index (κ2) is 8.31. The van der Waals surface area contributed by atoms with E-state index in [1.165, 1.54) is 17.7 Å². The number of anilines is 1. The van der Waals surface area contributed by atoms with Crippen molar-refractivity contribution in [3.8, 4) is 0 Å². The van der Waals surface area contributed by atoms with Crippen LogP contribution in [0.4, 0.5) is 5.69 Å². The van der Waals surface area contributed by atoms with E-state index in [1.54, 1.807) is 18.2 Å². The zero-order valence-corrected chi connectivity index (χ0v) is 14.5. The summed E-state index contributed by atoms with van der Waals surface area (Å²) in [6.45, 7) is 5.47. The van der Waals surface area contributed by atoms with Gasteiger partial charge in [-0.25, -0.2) is 0 Å². The Hall–Kier alpha value is -1.59. The van der Waals surface area contributed by atoms with E-state index in [0.29, 0.717) is 23.3 Å². The van der Waals surface area contributed by atoms with Crippen LogP contribution in [0.15, 0.2) is 18.2 Å². The second-order valence-electron chi connectivity index (χ2n) is 6.22. The highest BCUT2D eigenvalue weighted by Gasteiger charge is 2.24. The fourth-order valence-electron chi connectivity index (χ4n) is 2.90. The van der Waals surface area contributed by atoms with E-state index in [9.17, 15) is 9.59 Å². The quantitative estimate of drug-likeness (QED) is 0.754. The number of halogens is 1. The molecule has 126 valence electrons. The molecule has 5 nitrogen and oxygen atoms in total. The van der Waals surface area contributed by atoms with Crippen LogP contribution in [0.5, 0.6) is 0 Å². The zero-order valence-electron chi connectivity index (χ0n) is 13.7. The number of nitrogens with one attached hydrogen (secondary N) is 3. The van der Waals surface area contributed by atoms with Crippen molar-refractivity contribution >= 4 is 29.1 Å². The fraction of sp³-hybridized carbons (Fsp3) is 0.529. The highest BCUT2D eigenvalue weighted by molar-refractivity contribution is 6.31. The maximum absolute atomic E-state index is 12.0. The largest absolute Gasteiger partial charge is 0.342 e. The van der Waals surface area contributed by atoms with Gasteiger partial charge >= 0.3 is 0 Å². The number of quaternary nitrogens is 1. The number of likely N-dealkylation sites (tertiary alicyclic amines) is 1. The topological polar surface area (TPSA) is 62.6 Å². The number of rotatable bonds is 5. The van der Waals surface area contributed by atoms with Crippen molar-refractivity contribution in [1.82, 2.24) is 5.32 Å². The summed E-state index contributed by atoms with van der Waals surface area (Å²) in [5, 5.41) is 6.08. The van der Waals surface area contributed by atoms with Gasteiger partial charge in [-0.1, -0.05) is 17.7 Å². The van der Waals surface area contributed by atoms with Crippen molar-refractivity contribution in [3.63, 3.8) is 0 Å². The Kier molecular flexibility index (Phi) is 6.42. The molecule has 23 heavy (non-hydrogen) atoms. The second-order valence-corrected chi connectivity index (χ2v) is 6.63. The summed E-state index contributed by atoms with van der Waals surface area (Å²) in [5.41, 5.74) is 1.49. The first kappa shape index (κ1) is 17.8. The van der Waals surface area contributed by atoms with Gasteiger partial charge in [-0.2, -0.15) is 0 Å². The highest BCUT2D eigenvalue weighted by Crippen LogP contribution is 2.22. The first-order valence-corrected chi connectivity index (χ1v) is 8.51. The van der Waals surface area contributed by atoms with Gasteiger partial charge in [0.2, 0.25) is 5.91 Å². The molecule has 0 spiro atoms. The van der Waals surface area contributed by atoms with Gasteiger partial charge in [-0.05, 0) is 50.8 Å². The lowest BCUT2D eigenvalue weighted by molar-refractivity contribution is -0.920. The van der Waals surface area contributed by atoms with Crippen LogP contribution in [-0.2, 0) is 9.59 Å². The number of hydrogen-bond acceptors (Lipinski definition) is 2. The summed E-state index contributed by atoms with van der Waals surface area (Å²) in [4.78, 5) is 25.3.